The van der Waals surface area contributed by atoms with Crippen molar-refractivity contribution in [2.45, 2.75) is 25.5 Å². The van der Waals surface area contributed by atoms with E-state index in [4.69, 9.17) is 9.15 Å². The van der Waals surface area contributed by atoms with E-state index in [1.165, 1.54) is 0 Å². The van der Waals surface area contributed by atoms with Crippen LogP contribution in [-0.2, 0) is 11.3 Å². The number of hydrogen-bond acceptors (Lipinski definition) is 3. The molecule has 1 aromatic carbocycles. The second-order valence-electron chi connectivity index (χ2n) is 4.23. The minimum Gasteiger partial charge on any atom is -0.408 e. The summed E-state index contributed by atoms with van der Waals surface area (Å²) in [5.41, 5.74) is 1.51. The fraction of sp³-hybridized carbons (Fsp3) is 0.417. The third kappa shape index (κ3) is 2.13. The van der Waals surface area contributed by atoms with Gasteiger partial charge in [-0.15, -0.1) is 0 Å². The minimum atomic E-state index is -0.294. The summed E-state index contributed by atoms with van der Waals surface area (Å²) in [6, 6.07) is 5.74. The molecule has 4 nitrogen and oxygen atoms in total. The first-order valence-corrected chi connectivity index (χ1v) is 6.72. The lowest BCUT2D eigenvalue weighted by Crippen LogP contribution is -2.22. The van der Waals surface area contributed by atoms with Crippen LogP contribution >= 0.6 is 22.6 Å². The lowest BCUT2D eigenvalue weighted by molar-refractivity contribution is 0.0962. The molecule has 0 radical (unpaired) electrons. The van der Waals surface area contributed by atoms with Crippen molar-refractivity contribution in [2.75, 3.05) is 6.61 Å². The van der Waals surface area contributed by atoms with Crippen molar-refractivity contribution in [3.8, 4) is 0 Å². The Morgan fingerprint density at radius 2 is 2.35 bits per heavy atom. The molecular weight excluding hydrogens is 333 g/mol. The van der Waals surface area contributed by atoms with Crippen LogP contribution < -0.4 is 5.76 Å². The summed E-state index contributed by atoms with van der Waals surface area (Å²) in [6.07, 6.45) is 2.24. The number of oxazole rings is 1. The minimum absolute atomic E-state index is 0.145. The van der Waals surface area contributed by atoms with E-state index in [1.54, 1.807) is 4.57 Å². The van der Waals surface area contributed by atoms with Gasteiger partial charge in [-0.3, -0.25) is 4.57 Å². The Hall–Kier alpha value is -0.820. The topological polar surface area (TPSA) is 44.4 Å². The van der Waals surface area contributed by atoms with Crippen molar-refractivity contribution in [1.29, 1.82) is 0 Å². The second kappa shape index (κ2) is 4.45. The zero-order chi connectivity index (χ0) is 11.8. The van der Waals surface area contributed by atoms with Crippen molar-refractivity contribution < 1.29 is 9.15 Å². The lowest BCUT2D eigenvalue weighted by atomic mass is 10.2. The predicted molar refractivity (Wildman–Crippen MR) is 72.2 cm³/mol. The average molecular weight is 345 g/mol. The van der Waals surface area contributed by atoms with Crippen LogP contribution in [-0.4, -0.2) is 17.3 Å². The van der Waals surface area contributed by atoms with E-state index in [2.05, 4.69) is 22.6 Å². The van der Waals surface area contributed by atoms with E-state index in [9.17, 15) is 4.79 Å². The van der Waals surface area contributed by atoms with Gasteiger partial charge in [0.25, 0.3) is 0 Å². The van der Waals surface area contributed by atoms with Gasteiger partial charge in [-0.1, -0.05) is 0 Å². The molecule has 5 heteroatoms. The predicted octanol–water partition coefficient (Wildman–Crippen LogP) is 2.38. The summed E-state index contributed by atoms with van der Waals surface area (Å²) < 4.78 is 13.5. The van der Waals surface area contributed by atoms with E-state index in [-0.39, 0.29) is 11.9 Å². The maximum absolute atomic E-state index is 11.8. The highest BCUT2D eigenvalue weighted by molar-refractivity contribution is 14.1. The number of rotatable bonds is 2. The molecule has 2 heterocycles. The van der Waals surface area contributed by atoms with Gasteiger partial charge in [0.2, 0.25) is 0 Å². The van der Waals surface area contributed by atoms with Crippen LogP contribution in [0.4, 0.5) is 0 Å². The number of fused-ring (bicyclic) bond motifs is 1. The van der Waals surface area contributed by atoms with E-state index in [1.807, 2.05) is 18.2 Å². The zero-order valence-electron chi connectivity index (χ0n) is 9.19. The number of benzene rings is 1. The first kappa shape index (κ1) is 11.3. The van der Waals surface area contributed by atoms with Crippen molar-refractivity contribution >= 4 is 33.7 Å². The van der Waals surface area contributed by atoms with Crippen LogP contribution in [0, 0.1) is 3.57 Å². The average Bonchev–Trinajstić information content (AvgIpc) is 2.90. The van der Waals surface area contributed by atoms with Crippen LogP contribution in [0.25, 0.3) is 11.1 Å². The molecule has 17 heavy (non-hydrogen) atoms. The Labute approximate surface area is 112 Å². The molecule has 0 bridgehead atoms. The molecule has 1 aromatic heterocycles. The maximum atomic E-state index is 11.8. The van der Waals surface area contributed by atoms with Crippen molar-refractivity contribution in [3.63, 3.8) is 0 Å². The third-order valence-electron chi connectivity index (χ3n) is 3.04. The zero-order valence-corrected chi connectivity index (χ0v) is 11.3. The molecule has 0 amide bonds. The molecule has 0 aliphatic carbocycles. The highest BCUT2D eigenvalue weighted by Crippen LogP contribution is 2.19. The van der Waals surface area contributed by atoms with Crippen LogP contribution in [0.3, 0.4) is 0 Å². The Morgan fingerprint density at radius 1 is 1.47 bits per heavy atom. The standard InChI is InChI=1S/C12H12INO3/c13-8-3-4-11-10(6-8)14(12(15)17-11)7-9-2-1-5-16-9/h3-4,6,9H,1-2,5,7H2. The molecule has 1 saturated heterocycles. The highest BCUT2D eigenvalue weighted by Gasteiger charge is 2.19. The van der Waals surface area contributed by atoms with Crippen molar-refractivity contribution in [1.82, 2.24) is 4.57 Å². The van der Waals surface area contributed by atoms with Crippen molar-refractivity contribution in [3.05, 3.63) is 32.3 Å². The monoisotopic (exact) mass is 345 g/mol. The Kier molecular flexibility index (Phi) is 2.96. The molecule has 1 unspecified atom stereocenters. The number of hydrogen-bond donors (Lipinski definition) is 0. The van der Waals surface area contributed by atoms with E-state index in [0.29, 0.717) is 12.1 Å². The van der Waals surface area contributed by atoms with Crippen LogP contribution in [0.5, 0.6) is 0 Å². The first-order chi connectivity index (χ1) is 8.24. The van der Waals surface area contributed by atoms with Gasteiger partial charge in [-0.05, 0) is 53.6 Å². The van der Waals surface area contributed by atoms with E-state index < -0.39 is 0 Å². The second-order valence-corrected chi connectivity index (χ2v) is 5.47. The number of ether oxygens (including phenoxy) is 1. The number of aromatic nitrogens is 1. The molecule has 3 rings (SSSR count). The lowest BCUT2D eigenvalue weighted by Gasteiger charge is -2.09. The Bertz CT molecular complexity index is 595. The fourth-order valence-corrected chi connectivity index (χ4v) is 2.67. The fourth-order valence-electron chi connectivity index (χ4n) is 2.20. The summed E-state index contributed by atoms with van der Waals surface area (Å²) in [4.78, 5) is 11.8. The molecule has 1 aliphatic heterocycles. The quantitative estimate of drug-likeness (QED) is 0.785. The van der Waals surface area contributed by atoms with Gasteiger partial charge in [-0.2, -0.15) is 0 Å². The Balaban J connectivity index is 2.04. The summed E-state index contributed by atoms with van der Waals surface area (Å²) in [6.45, 7) is 1.39. The summed E-state index contributed by atoms with van der Waals surface area (Å²) in [7, 11) is 0. The van der Waals surface area contributed by atoms with Crippen molar-refractivity contribution in [2.24, 2.45) is 0 Å². The van der Waals surface area contributed by atoms with Gasteiger partial charge in [0.15, 0.2) is 5.58 Å². The van der Waals surface area contributed by atoms with E-state index in [0.717, 1.165) is 28.5 Å². The normalized spacial score (nSPS) is 20.2. The molecule has 2 aromatic rings. The van der Waals surface area contributed by atoms with Gasteiger partial charge in [0, 0.05) is 10.2 Å². The molecule has 1 fully saturated rings. The largest absolute Gasteiger partial charge is 0.420 e. The van der Waals surface area contributed by atoms with Gasteiger partial charge in [0.1, 0.15) is 0 Å². The SMILES string of the molecule is O=c1oc2ccc(I)cc2n1CC1CCCO1. The summed E-state index contributed by atoms with van der Waals surface area (Å²) >= 11 is 2.23. The van der Waals surface area contributed by atoms with Gasteiger partial charge in [-0.25, -0.2) is 4.79 Å². The number of halogens is 1. The first-order valence-electron chi connectivity index (χ1n) is 5.64. The van der Waals surface area contributed by atoms with E-state index >= 15 is 0 Å². The molecule has 90 valence electrons. The van der Waals surface area contributed by atoms with Gasteiger partial charge >= 0.3 is 5.76 Å². The smallest absolute Gasteiger partial charge is 0.408 e. The molecule has 0 N–H and O–H groups in total. The van der Waals surface area contributed by atoms with Crippen LogP contribution in [0.2, 0.25) is 0 Å². The number of nitrogens with zero attached hydrogens (tertiary/aromatic N) is 1. The van der Waals surface area contributed by atoms with Gasteiger partial charge in [0.05, 0.1) is 18.2 Å². The van der Waals surface area contributed by atoms with Gasteiger partial charge < -0.3 is 9.15 Å². The Morgan fingerprint density at radius 3 is 3.12 bits per heavy atom. The third-order valence-corrected chi connectivity index (χ3v) is 3.71. The molecular formula is C12H12INO3. The summed E-state index contributed by atoms with van der Waals surface area (Å²) in [5, 5.41) is 0. The van der Waals surface area contributed by atoms with Crippen LogP contribution in [0.1, 0.15) is 12.8 Å². The molecule has 0 saturated carbocycles. The maximum Gasteiger partial charge on any atom is 0.420 e. The molecule has 1 aliphatic rings. The highest BCUT2D eigenvalue weighted by atomic mass is 127. The molecule has 1 atom stereocenters. The van der Waals surface area contributed by atoms with Crippen LogP contribution in [0.15, 0.2) is 27.4 Å². The summed E-state index contributed by atoms with van der Waals surface area (Å²) in [5.74, 6) is -0.294. The molecule has 0 spiro atoms.